The first-order valence-electron chi connectivity index (χ1n) is 7.60. The minimum Gasteiger partial charge on any atom is -0.394 e. The summed E-state index contributed by atoms with van der Waals surface area (Å²) in [4.78, 5) is 6.53. The van der Waals surface area contributed by atoms with Gasteiger partial charge >= 0.3 is 0 Å². The van der Waals surface area contributed by atoms with Crippen molar-refractivity contribution in [2.75, 3.05) is 17.2 Å². The van der Waals surface area contributed by atoms with Gasteiger partial charge in [-0.05, 0) is 51.3 Å². The zero-order valence-corrected chi connectivity index (χ0v) is 13.0. The van der Waals surface area contributed by atoms with Crippen LogP contribution in [-0.4, -0.2) is 21.3 Å². The predicted octanol–water partition coefficient (Wildman–Crippen LogP) is 3.09. The fraction of sp³-hybridized carbons (Fsp3) is 0.500. The highest BCUT2D eigenvalue weighted by Gasteiger charge is 2.31. The molecule has 112 valence electrons. The molecule has 1 atom stereocenters. The highest BCUT2D eigenvalue weighted by Crippen LogP contribution is 2.40. The zero-order chi connectivity index (χ0) is 15.0. The molecule has 0 amide bonds. The molecule has 5 heteroatoms. The summed E-state index contributed by atoms with van der Waals surface area (Å²) in [5, 5.41) is 4.62. The van der Waals surface area contributed by atoms with E-state index in [2.05, 4.69) is 45.6 Å². The molecule has 21 heavy (non-hydrogen) atoms. The van der Waals surface area contributed by atoms with Crippen molar-refractivity contribution in [2.24, 2.45) is 0 Å². The first kappa shape index (κ1) is 13.9. The second-order valence-corrected chi connectivity index (χ2v) is 5.99. The average Bonchev–Trinajstić information content (AvgIpc) is 3.06. The number of hydrogen-bond acceptors (Lipinski definition) is 4. The molecule has 2 N–H and O–H groups in total. The molecule has 1 saturated heterocycles. The summed E-state index contributed by atoms with van der Waals surface area (Å²) >= 11 is 0. The highest BCUT2D eigenvalue weighted by atomic mass is 15.4. The molecule has 1 aliphatic rings. The first-order valence-corrected chi connectivity index (χ1v) is 7.60. The van der Waals surface area contributed by atoms with Gasteiger partial charge in [-0.15, -0.1) is 0 Å². The third-order valence-electron chi connectivity index (χ3n) is 4.21. The number of rotatable bonds is 3. The molecule has 0 spiro atoms. The van der Waals surface area contributed by atoms with Crippen molar-refractivity contribution in [3.63, 3.8) is 0 Å². The molecular formula is C16H23N5. The van der Waals surface area contributed by atoms with Gasteiger partial charge in [0.15, 0.2) is 5.82 Å². The molecule has 0 radical (unpaired) electrons. The lowest BCUT2D eigenvalue weighted by Crippen LogP contribution is -2.26. The number of hydrogen-bond donors (Lipinski definition) is 1. The third-order valence-corrected chi connectivity index (χ3v) is 4.21. The van der Waals surface area contributed by atoms with Crippen LogP contribution in [0.15, 0.2) is 24.5 Å². The molecule has 1 fully saturated rings. The van der Waals surface area contributed by atoms with E-state index in [1.807, 2.05) is 19.3 Å². The quantitative estimate of drug-likeness (QED) is 0.941. The van der Waals surface area contributed by atoms with E-state index in [4.69, 9.17) is 5.73 Å². The lowest BCUT2D eigenvalue weighted by Gasteiger charge is -2.29. The lowest BCUT2D eigenvalue weighted by molar-refractivity contribution is 0.519. The Balaban J connectivity index is 2.03. The predicted molar refractivity (Wildman–Crippen MR) is 85.3 cm³/mol. The van der Waals surface area contributed by atoms with E-state index in [1.165, 1.54) is 12.0 Å². The maximum atomic E-state index is 6.32. The molecule has 3 rings (SSSR count). The summed E-state index contributed by atoms with van der Waals surface area (Å²) in [6.45, 7) is 7.30. The molecular weight excluding hydrogens is 262 g/mol. The number of nitrogens with zero attached hydrogens (tertiary/aromatic N) is 4. The average molecular weight is 285 g/mol. The van der Waals surface area contributed by atoms with Crippen molar-refractivity contribution < 1.29 is 0 Å². The Morgan fingerprint density at radius 1 is 1.29 bits per heavy atom. The standard InChI is InChI=1S/C16H23N5/c1-11(2)21-16(15(17)12(3)19-21)20-10-4-5-14(20)13-6-8-18-9-7-13/h6-9,11,14H,4-5,10,17H2,1-3H3. The topological polar surface area (TPSA) is 60.0 Å². The van der Waals surface area contributed by atoms with E-state index in [0.29, 0.717) is 12.1 Å². The number of aromatic nitrogens is 3. The molecule has 1 unspecified atom stereocenters. The first-order chi connectivity index (χ1) is 10.1. The summed E-state index contributed by atoms with van der Waals surface area (Å²) in [7, 11) is 0. The Morgan fingerprint density at radius 3 is 2.67 bits per heavy atom. The monoisotopic (exact) mass is 285 g/mol. The van der Waals surface area contributed by atoms with E-state index >= 15 is 0 Å². The van der Waals surface area contributed by atoms with Gasteiger partial charge in [0.2, 0.25) is 0 Å². The van der Waals surface area contributed by atoms with Gasteiger partial charge in [-0.2, -0.15) is 5.10 Å². The maximum Gasteiger partial charge on any atom is 0.151 e. The minimum atomic E-state index is 0.301. The van der Waals surface area contributed by atoms with Crippen LogP contribution in [0.3, 0.4) is 0 Å². The Kier molecular flexibility index (Phi) is 3.57. The van der Waals surface area contributed by atoms with Crippen LogP contribution in [0.1, 0.15) is 50.0 Å². The molecule has 0 aromatic carbocycles. The summed E-state index contributed by atoms with van der Waals surface area (Å²) in [5.41, 5.74) is 9.35. The van der Waals surface area contributed by atoms with E-state index < -0.39 is 0 Å². The van der Waals surface area contributed by atoms with Gasteiger partial charge < -0.3 is 10.6 Å². The van der Waals surface area contributed by atoms with Crippen LogP contribution in [0.25, 0.3) is 0 Å². The fourth-order valence-electron chi connectivity index (χ4n) is 3.15. The van der Waals surface area contributed by atoms with Crippen LogP contribution < -0.4 is 10.6 Å². The smallest absolute Gasteiger partial charge is 0.151 e. The van der Waals surface area contributed by atoms with Gasteiger partial charge in [0.25, 0.3) is 0 Å². The van der Waals surface area contributed by atoms with Crippen molar-refractivity contribution in [2.45, 2.75) is 45.7 Å². The number of anilines is 2. The molecule has 2 aromatic heterocycles. The van der Waals surface area contributed by atoms with Crippen LogP contribution in [0.2, 0.25) is 0 Å². The van der Waals surface area contributed by atoms with Gasteiger partial charge in [0.05, 0.1) is 17.4 Å². The Morgan fingerprint density at radius 2 is 2.00 bits per heavy atom. The SMILES string of the molecule is Cc1nn(C(C)C)c(N2CCCC2c2ccncc2)c1N. The van der Waals surface area contributed by atoms with E-state index in [9.17, 15) is 0 Å². The Labute approximate surface area is 125 Å². The van der Waals surface area contributed by atoms with Crippen LogP contribution in [0.4, 0.5) is 11.5 Å². The summed E-state index contributed by atoms with van der Waals surface area (Å²) in [6.07, 6.45) is 6.04. The minimum absolute atomic E-state index is 0.301. The van der Waals surface area contributed by atoms with E-state index in [0.717, 1.165) is 30.2 Å². The van der Waals surface area contributed by atoms with Gasteiger partial charge in [0, 0.05) is 25.0 Å². The third kappa shape index (κ3) is 2.37. The van der Waals surface area contributed by atoms with E-state index in [1.54, 1.807) is 0 Å². The Bertz CT molecular complexity index is 617. The largest absolute Gasteiger partial charge is 0.394 e. The molecule has 2 aromatic rings. The fourth-order valence-corrected chi connectivity index (χ4v) is 3.15. The molecule has 0 bridgehead atoms. The second-order valence-electron chi connectivity index (χ2n) is 5.99. The Hall–Kier alpha value is -2.04. The van der Waals surface area contributed by atoms with Crippen LogP contribution in [0.5, 0.6) is 0 Å². The van der Waals surface area contributed by atoms with Crippen molar-refractivity contribution in [1.82, 2.24) is 14.8 Å². The summed E-state index contributed by atoms with van der Waals surface area (Å²) in [5.74, 6) is 1.07. The van der Waals surface area contributed by atoms with Crippen molar-refractivity contribution >= 4 is 11.5 Å². The molecule has 3 heterocycles. The summed E-state index contributed by atoms with van der Waals surface area (Å²) in [6, 6.07) is 4.86. The zero-order valence-electron chi connectivity index (χ0n) is 13.0. The molecule has 1 aliphatic heterocycles. The van der Waals surface area contributed by atoms with Crippen LogP contribution in [0, 0.1) is 6.92 Å². The number of nitrogens with two attached hydrogens (primary N) is 1. The summed E-state index contributed by atoms with van der Waals surface area (Å²) < 4.78 is 2.06. The van der Waals surface area contributed by atoms with Crippen molar-refractivity contribution in [3.05, 3.63) is 35.8 Å². The van der Waals surface area contributed by atoms with Crippen molar-refractivity contribution in [3.8, 4) is 0 Å². The van der Waals surface area contributed by atoms with Gasteiger partial charge in [-0.25, -0.2) is 4.68 Å². The molecule has 0 aliphatic carbocycles. The maximum absolute atomic E-state index is 6.32. The lowest BCUT2D eigenvalue weighted by atomic mass is 10.1. The normalized spacial score (nSPS) is 18.7. The van der Waals surface area contributed by atoms with Gasteiger partial charge in [-0.3, -0.25) is 4.98 Å². The van der Waals surface area contributed by atoms with Crippen LogP contribution in [-0.2, 0) is 0 Å². The number of pyridine rings is 1. The van der Waals surface area contributed by atoms with E-state index in [-0.39, 0.29) is 0 Å². The van der Waals surface area contributed by atoms with Gasteiger partial charge in [-0.1, -0.05) is 0 Å². The molecule has 0 saturated carbocycles. The second kappa shape index (κ2) is 5.39. The number of nitrogen functional groups attached to an aromatic ring is 1. The van der Waals surface area contributed by atoms with Crippen molar-refractivity contribution in [1.29, 1.82) is 0 Å². The molecule has 5 nitrogen and oxygen atoms in total. The van der Waals surface area contributed by atoms with Gasteiger partial charge in [0.1, 0.15) is 0 Å². The number of aryl methyl sites for hydroxylation is 1. The van der Waals surface area contributed by atoms with Crippen LogP contribution >= 0.6 is 0 Å². The highest BCUT2D eigenvalue weighted by molar-refractivity contribution is 5.67.